The van der Waals surface area contributed by atoms with Gasteiger partial charge in [-0.05, 0) is 17.6 Å². The van der Waals surface area contributed by atoms with E-state index in [1.165, 1.54) is 0 Å². The minimum Gasteiger partial charge on any atom is -0.198 e. The highest BCUT2D eigenvalue weighted by atomic mass is 79.9. The van der Waals surface area contributed by atoms with Crippen molar-refractivity contribution in [2.75, 3.05) is 0 Å². The van der Waals surface area contributed by atoms with E-state index in [1.54, 1.807) is 0 Å². The van der Waals surface area contributed by atoms with Crippen molar-refractivity contribution in [2.45, 2.75) is 12.5 Å². The van der Waals surface area contributed by atoms with Crippen molar-refractivity contribution in [3.05, 3.63) is 33.7 Å². The number of nitriles is 1. The highest BCUT2D eigenvalue weighted by molar-refractivity contribution is 9.10. The van der Waals surface area contributed by atoms with E-state index in [0.29, 0.717) is 0 Å². The van der Waals surface area contributed by atoms with Gasteiger partial charge in [-0.3, -0.25) is 0 Å². The van der Waals surface area contributed by atoms with Crippen molar-refractivity contribution in [3.63, 3.8) is 0 Å². The molecule has 1 nitrogen and oxygen atoms in total. The van der Waals surface area contributed by atoms with Gasteiger partial charge in [-0.25, -0.2) is 0 Å². The van der Waals surface area contributed by atoms with E-state index >= 15 is 0 Å². The van der Waals surface area contributed by atoms with Crippen LogP contribution in [-0.4, -0.2) is 0 Å². The Balaban J connectivity index is 3.83. The zero-order valence-corrected chi connectivity index (χ0v) is 8.05. The number of hydrogen-bond acceptors (Lipinski definition) is 1. The van der Waals surface area contributed by atoms with E-state index in [0.717, 1.165) is 6.07 Å². The predicted molar refractivity (Wildman–Crippen MR) is 48.5 cm³/mol. The molecule has 1 aromatic rings. The summed E-state index contributed by atoms with van der Waals surface area (Å²) in [5.41, 5.74) is -2.39. The van der Waals surface area contributed by atoms with Crippen molar-refractivity contribution >= 4 is 15.9 Å². The zero-order chi connectivity index (χ0) is 15.2. The average molecular weight is 269 g/mol. The van der Waals surface area contributed by atoms with Crippen molar-refractivity contribution < 1.29 is 20.0 Å². The van der Waals surface area contributed by atoms with Crippen molar-refractivity contribution in [2.24, 2.45) is 0 Å². The van der Waals surface area contributed by atoms with Crippen molar-refractivity contribution in [1.82, 2.24) is 0 Å². The first-order valence-corrected chi connectivity index (χ1v) is 4.02. The van der Waals surface area contributed by atoms with Crippen LogP contribution in [0.5, 0.6) is 0 Å². The number of halogens is 4. The summed E-state index contributed by atoms with van der Waals surface area (Å²) in [6.45, 7) is 0. The summed E-state index contributed by atoms with van der Waals surface area (Å²) in [6, 6.07) is -2.19. The van der Waals surface area contributed by atoms with Gasteiger partial charge >= 0.3 is 6.18 Å². The minimum absolute atomic E-state index is 0.852. The second-order valence-corrected chi connectivity index (χ2v) is 2.97. The lowest BCUT2D eigenvalue weighted by atomic mass is 10.1. The number of benzene rings is 1. The van der Waals surface area contributed by atoms with E-state index < -0.39 is 46.3 Å². The first-order valence-electron chi connectivity index (χ1n) is 5.73. The van der Waals surface area contributed by atoms with Crippen LogP contribution in [0.3, 0.4) is 0 Å². The number of rotatable bonds is 1. The van der Waals surface area contributed by atoms with Gasteiger partial charge in [0.2, 0.25) is 0 Å². The molecule has 0 amide bonds. The third kappa shape index (κ3) is 2.48. The van der Waals surface area contributed by atoms with E-state index in [4.69, 9.17) is 12.1 Å². The fraction of sp³-hybridized carbons (Fsp3) is 0.222. The van der Waals surface area contributed by atoms with Crippen LogP contribution in [-0.2, 0) is 12.5 Å². The van der Waals surface area contributed by atoms with E-state index in [9.17, 15) is 13.2 Å². The number of nitrogens with zero attached hydrogens (tertiary/aromatic N) is 1. The molecule has 74 valence electrons. The molecular weight excluding hydrogens is 259 g/mol. The average Bonchev–Trinajstić information content (AvgIpc) is 2.25. The van der Waals surface area contributed by atoms with Gasteiger partial charge in [0.05, 0.1) is 22.1 Å². The molecule has 5 heteroatoms. The third-order valence-electron chi connectivity index (χ3n) is 1.23. The molecule has 0 bridgehead atoms. The molecular formula is C9H5BrF3N. The van der Waals surface area contributed by atoms with Crippen LogP contribution in [0.2, 0.25) is 0 Å². The summed E-state index contributed by atoms with van der Waals surface area (Å²) >= 11 is 2.49. The molecule has 1 aromatic carbocycles. The summed E-state index contributed by atoms with van der Waals surface area (Å²) in [5.74, 6) is 0. The topological polar surface area (TPSA) is 23.8 Å². The molecule has 0 spiro atoms. The van der Waals surface area contributed by atoms with Gasteiger partial charge in [0, 0.05) is 7.21 Å². The molecule has 0 radical (unpaired) electrons. The Morgan fingerprint density at radius 2 is 2.21 bits per heavy atom. The lowest BCUT2D eigenvalue weighted by molar-refractivity contribution is -0.138. The van der Waals surface area contributed by atoms with Gasteiger partial charge in [-0.2, -0.15) is 18.4 Å². The lowest BCUT2D eigenvalue weighted by Gasteiger charge is -2.09. The second kappa shape index (κ2) is 4.01. The van der Waals surface area contributed by atoms with Gasteiger partial charge in [0.1, 0.15) is 0 Å². The SMILES string of the molecule is [2H]c1c([2H])c(C([2H])([2H])C#N)c([2H])c(Br)c1C(F)(F)F. The molecule has 0 heterocycles. The maximum atomic E-state index is 12.7. The molecule has 0 aliphatic rings. The Kier molecular flexibility index (Phi) is 1.65. The standard InChI is InChI=1S/C9H5BrF3N/c10-8-5-6(3-4-14)1-2-7(8)9(11,12)13/h1-2,5H,3H2/i1D,2D,3D2,5D. The Hall–Kier alpha value is -1.02. The Bertz CT molecular complexity index is 550. The van der Waals surface area contributed by atoms with Gasteiger partial charge in [0.25, 0.3) is 0 Å². The van der Waals surface area contributed by atoms with Crippen LogP contribution >= 0.6 is 15.9 Å². The van der Waals surface area contributed by atoms with Gasteiger partial charge in [-0.1, -0.05) is 22.0 Å². The molecule has 0 aromatic heterocycles. The predicted octanol–water partition coefficient (Wildman–Crippen LogP) is 3.53. The normalized spacial score (nSPS) is 17.2. The summed E-state index contributed by atoms with van der Waals surface area (Å²) in [5, 5.41) is 8.62. The second-order valence-electron chi connectivity index (χ2n) is 2.17. The highest BCUT2D eigenvalue weighted by Gasteiger charge is 2.32. The molecule has 0 aliphatic heterocycles. The monoisotopic (exact) mass is 268 g/mol. The molecule has 0 saturated carbocycles. The zero-order valence-electron chi connectivity index (χ0n) is 11.5. The fourth-order valence-electron chi connectivity index (χ4n) is 0.697. The van der Waals surface area contributed by atoms with Crippen molar-refractivity contribution in [3.8, 4) is 6.07 Å². The number of alkyl halides is 3. The molecule has 0 unspecified atom stereocenters. The first-order chi connectivity index (χ1) is 8.45. The van der Waals surface area contributed by atoms with E-state index in [1.807, 2.05) is 0 Å². The van der Waals surface area contributed by atoms with Crippen LogP contribution < -0.4 is 0 Å². The van der Waals surface area contributed by atoms with Gasteiger partial charge in [-0.15, -0.1) is 0 Å². The minimum atomic E-state index is -4.96. The van der Waals surface area contributed by atoms with E-state index in [2.05, 4.69) is 15.9 Å². The van der Waals surface area contributed by atoms with Crippen LogP contribution in [0.1, 0.15) is 18.0 Å². The third-order valence-corrected chi connectivity index (χ3v) is 1.83. The van der Waals surface area contributed by atoms with Crippen LogP contribution in [0.15, 0.2) is 22.6 Å². The molecule has 1 rings (SSSR count). The molecule has 0 fully saturated rings. The van der Waals surface area contributed by atoms with E-state index in [-0.39, 0.29) is 0 Å². The number of hydrogen-bond donors (Lipinski definition) is 0. The lowest BCUT2D eigenvalue weighted by Crippen LogP contribution is -2.06. The molecule has 0 atom stereocenters. The Morgan fingerprint density at radius 3 is 2.71 bits per heavy atom. The maximum absolute atomic E-state index is 12.7. The Morgan fingerprint density at radius 1 is 1.57 bits per heavy atom. The fourth-order valence-corrected chi connectivity index (χ4v) is 1.22. The molecule has 0 saturated heterocycles. The molecule has 0 aliphatic carbocycles. The maximum Gasteiger partial charge on any atom is 0.417 e. The van der Waals surface area contributed by atoms with Crippen LogP contribution in [0.4, 0.5) is 13.2 Å². The van der Waals surface area contributed by atoms with Crippen LogP contribution in [0, 0.1) is 11.3 Å². The molecule has 14 heavy (non-hydrogen) atoms. The Labute approximate surface area is 94.3 Å². The van der Waals surface area contributed by atoms with Gasteiger partial charge in [0.15, 0.2) is 0 Å². The van der Waals surface area contributed by atoms with Gasteiger partial charge < -0.3 is 0 Å². The summed E-state index contributed by atoms with van der Waals surface area (Å²) in [7, 11) is 0. The quantitative estimate of drug-likeness (QED) is 0.765. The highest BCUT2D eigenvalue weighted by Crippen LogP contribution is 2.35. The smallest absolute Gasteiger partial charge is 0.198 e. The summed E-state index contributed by atoms with van der Waals surface area (Å²) < 4.78 is 74.0. The summed E-state index contributed by atoms with van der Waals surface area (Å²) in [4.78, 5) is 0. The van der Waals surface area contributed by atoms with Crippen LogP contribution in [0.25, 0.3) is 0 Å². The molecule has 0 N–H and O–H groups in total. The first kappa shape index (κ1) is 5.76. The largest absolute Gasteiger partial charge is 0.417 e. The summed E-state index contributed by atoms with van der Waals surface area (Å²) in [6.07, 6.45) is -7.78. The van der Waals surface area contributed by atoms with Crippen molar-refractivity contribution in [1.29, 1.82) is 5.26 Å².